The summed E-state index contributed by atoms with van der Waals surface area (Å²) in [4.78, 5) is 0. The Kier molecular flexibility index (Phi) is 4.07. The van der Waals surface area contributed by atoms with Crippen LogP contribution in [0.2, 0.25) is 10.0 Å². The van der Waals surface area contributed by atoms with Gasteiger partial charge in [-0.15, -0.1) is 0 Å². The first-order valence-corrected chi connectivity index (χ1v) is 6.62. The van der Waals surface area contributed by atoms with Gasteiger partial charge in [0.25, 0.3) is 0 Å². The molecule has 5 heteroatoms. The molecule has 0 radical (unpaired) electrons. The molecule has 2 aromatic rings. The molecule has 1 heterocycles. The Bertz CT molecular complexity index is 586. The number of hydrogen-bond acceptors (Lipinski definition) is 2. The Balaban J connectivity index is 2.24. The molecule has 1 unspecified atom stereocenters. The molecular formula is C14H14Cl2FNO. The highest BCUT2D eigenvalue weighted by molar-refractivity contribution is 6.35. The summed E-state index contributed by atoms with van der Waals surface area (Å²) in [6.07, 6.45) is 0. The quantitative estimate of drug-likeness (QED) is 0.756. The number of hydrogen-bond donors (Lipinski definition) is 1. The van der Waals surface area contributed by atoms with Crippen LogP contribution in [-0.4, -0.2) is 0 Å². The molecule has 2 nitrogen and oxygen atoms in total. The zero-order valence-electron chi connectivity index (χ0n) is 10.9. The molecule has 1 aromatic carbocycles. The van der Waals surface area contributed by atoms with Crippen LogP contribution in [0.3, 0.4) is 0 Å². The van der Waals surface area contributed by atoms with E-state index in [0.29, 0.717) is 5.69 Å². The minimum atomic E-state index is -0.600. The van der Waals surface area contributed by atoms with Crippen LogP contribution in [0.15, 0.2) is 22.6 Å². The van der Waals surface area contributed by atoms with E-state index < -0.39 is 5.82 Å². The van der Waals surface area contributed by atoms with Crippen molar-refractivity contribution in [2.45, 2.75) is 26.8 Å². The van der Waals surface area contributed by atoms with Gasteiger partial charge in [0, 0.05) is 11.3 Å². The van der Waals surface area contributed by atoms with E-state index in [0.717, 1.165) is 17.1 Å². The second kappa shape index (κ2) is 5.43. The molecule has 0 aliphatic rings. The van der Waals surface area contributed by atoms with Crippen molar-refractivity contribution < 1.29 is 8.81 Å². The van der Waals surface area contributed by atoms with E-state index in [9.17, 15) is 4.39 Å². The zero-order valence-corrected chi connectivity index (χ0v) is 12.4. The lowest BCUT2D eigenvalue weighted by molar-refractivity contribution is 0.500. The lowest BCUT2D eigenvalue weighted by Crippen LogP contribution is -2.07. The molecule has 1 N–H and O–H groups in total. The largest absolute Gasteiger partial charge is 0.466 e. The molecule has 1 aromatic heterocycles. The van der Waals surface area contributed by atoms with E-state index in [1.54, 1.807) is 0 Å². The number of benzene rings is 1. The maximum Gasteiger partial charge on any atom is 0.160 e. The topological polar surface area (TPSA) is 25.2 Å². The second-order valence-corrected chi connectivity index (χ2v) is 5.30. The minimum Gasteiger partial charge on any atom is -0.466 e. The van der Waals surface area contributed by atoms with Crippen LogP contribution in [0.1, 0.15) is 30.0 Å². The first-order chi connectivity index (χ1) is 8.88. The van der Waals surface area contributed by atoms with E-state index in [4.69, 9.17) is 27.6 Å². The lowest BCUT2D eigenvalue weighted by atomic mass is 10.1. The maximum atomic E-state index is 13.3. The highest BCUT2D eigenvalue weighted by Crippen LogP contribution is 2.30. The normalized spacial score (nSPS) is 12.5. The van der Waals surface area contributed by atoms with Gasteiger partial charge in [0.2, 0.25) is 0 Å². The molecule has 0 aliphatic carbocycles. The summed E-state index contributed by atoms with van der Waals surface area (Å²) in [5.74, 6) is 1.12. The van der Waals surface area contributed by atoms with Crippen LogP contribution < -0.4 is 5.32 Å². The molecule has 102 valence electrons. The third kappa shape index (κ3) is 3.04. The number of nitrogens with one attached hydrogen (secondary N) is 1. The van der Waals surface area contributed by atoms with Gasteiger partial charge < -0.3 is 9.73 Å². The molecule has 0 saturated carbocycles. The first-order valence-electron chi connectivity index (χ1n) is 5.86. The van der Waals surface area contributed by atoms with Crippen LogP contribution in [0, 0.1) is 19.7 Å². The highest BCUT2D eigenvalue weighted by Gasteiger charge is 2.14. The number of halogens is 3. The monoisotopic (exact) mass is 301 g/mol. The van der Waals surface area contributed by atoms with E-state index in [2.05, 4.69) is 5.32 Å². The fourth-order valence-corrected chi connectivity index (χ4v) is 2.53. The number of aryl methyl sites for hydroxylation is 2. The standard InChI is InChI=1S/C14H14Cl2FNO/c1-7-4-11(9(3)19-7)8(2)18-10-5-12(15)14(17)13(16)6-10/h4-6,8,18H,1-3H3. The summed E-state index contributed by atoms with van der Waals surface area (Å²) in [6.45, 7) is 5.79. The van der Waals surface area contributed by atoms with Crippen molar-refractivity contribution in [3.05, 3.63) is 51.1 Å². The molecule has 19 heavy (non-hydrogen) atoms. The second-order valence-electron chi connectivity index (χ2n) is 4.49. The number of rotatable bonds is 3. The zero-order chi connectivity index (χ0) is 14.2. The molecule has 0 fully saturated rings. The van der Waals surface area contributed by atoms with Crippen molar-refractivity contribution in [2.75, 3.05) is 5.32 Å². The average Bonchev–Trinajstić information content (AvgIpc) is 2.65. The maximum absolute atomic E-state index is 13.3. The Hall–Kier alpha value is -1.19. The third-order valence-electron chi connectivity index (χ3n) is 2.91. The van der Waals surface area contributed by atoms with Gasteiger partial charge in [0.05, 0.1) is 16.1 Å². The van der Waals surface area contributed by atoms with E-state index in [1.165, 1.54) is 12.1 Å². The summed E-state index contributed by atoms with van der Waals surface area (Å²) < 4.78 is 18.8. The molecule has 2 rings (SSSR count). The van der Waals surface area contributed by atoms with Gasteiger partial charge in [-0.25, -0.2) is 4.39 Å². The average molecular weight is 302 g/mol. The smallest absolute Gasteiger partial charge is 0.160 e. The van der Waals surface area contributed by atoms with Crippen molar-refractivity contribution >= 4 is 28.9 Å². The van der Waals surface area contributed by atoms with Crippen LogP contribution in [0.5, 0.6) is 0 Å². The number of anilines is 1. The van der Waals surface area contributed by atoms with Gasteiger partial charge in [-0.3, -0.25) is 0 Å². The summed E-state index contributed by atoms with van der Waals surface area (Å²) in [7, 11) is 0. The molecule has 0 spiro atoms. The lowest BCUT2D eigenvalue weighted by Gasteiger charge is -2.15. The van der Waals surface area contributed by atoms with Crippen LogP contribution >= 0.6 is 23.2 Å². The molecule has 0 amide bonds. The predicted molar refractivity (Wildman–Crippen MR) is 76.6 cm³/mol. The van der Waals surface area contributed by atoms with Crippen molar-refractivity contribution in [1.82, 2.24) is 0 Å². The van der Waals surface area contributed by atoms with Crippen LogP contribution in [-0.2, 0) is 0 Å². The summed E-state index contributed by atoms with van der Waals surface area (Å²) in [5.41, 5.74) is 1.72. The Morgan fingerprint density at radius 3 is 2.21 bits per heavy atom. The van der Waals surface area contributed by atoms with Gasteiger partial charge in [-0.2, -0.15) is 0 Å². The van der Waals surface area contributed by atoms with Crippen molar-refractivity contribution in [3.8, 4) is 0 Å². The Morgan fingerprint density at radius 1 is 1.16 bits per heavy atom. The van der Waals surface area contributed by atoms with E-state index in [-0.39, 0.29) is 16.1 Å². The van der Waals surface area contributed by atoms with Gasteiger partial charge in [-0.1, -0.05) is 23.2 Å². The third-order valence-corrected chi connectivity index (χ3v) is 3.46. The number of furan rings is 1. The highest BCUT2D eigenvalue weighted by atomic mass is 35.5. The summed E-state index contributed by atoms with van der Waals surface area (Å²) >= 11 is 11.5. The molecular weight excluding hydrogens is 288 g/mol. The Morgan fingerprint density at radius 2 is 1.74 bits per heavy atom. The van der Waals surface area contributed by atoms with Crippen molar-refractivity contribution in [2.24, 2.45) is 0 Å². The van der Waals surface area contributed by atoms with Gasteiger partial charge in [0.15, 0.2) is 5.82 Å². The predicted octanol–water partition coefficient (Wildman–Crippen LogP) is 5.52. The molecule has 0 aliphatic heterocycles. The van der Waals surface area contributed by atoms with Crippen LogP contribution in [0.25, 0.3) is 0 Å². The van der Waals surface area contributed by atoms with Crippen molar-refractivity contribution in [3.63, 3.8) is 0 Å². The van der Waals surface area contributed by atoms with Crippen molar-refractivity contribution in [1.29, 1.82) is 0 Å². The van der Waals surface area contributed by atoms with Crippen LogP contribution in [0.4, 0.5) is 10.1 Å². The summed E-state index contributed by atoms with van der Waals surface area (Å²) in [5, 5.41) is 3.23. The SMILES string of the molecule is Cc1cc(C(C)Nc2cc(Cl)c(F)c(Cl)c2)c(C)o1. The molecule has 0 saturated heterocycles. The molecule has 1 atom stereocenters. The summed E-state index contributed by atoms with van der Waals surface area (Å²) in [6, 6.07) is 5.01. The van der Waals surface area contributed by atoms with Gasteiger partial charge >= 0.3 is 0 Å². The van der Waals surface area contributed by atoms with E-state index in [1.807, 2.05) is 26.8 Å². The van der Waals surface area contributed by atoms with E-state index >= 15 is 0 Å². The van der Waals surface area contributed by atoms with Gasteiger partial charge in [0.1, 0.15) is 11.5 Å². The fraction of sp³-hybridized carbons (Fsp3) is 0.286. The fourth-order valence-electron chi connectivity index (χ4n) is 2.05. The first kappa shape index (κ1) is 14.2. The Labute approximate surface area is 121 Å². The molecule has 0 bridgehead atoms. The minimum absolute atomic E-state index is 0.00213. The van der Waals surface area contributed by atoms with Gasteiger partial charge in [-0.05, 0) is 39.0 Å².